The molecule has 0 spiro atoms. The van der Waals surface area contributed by atoms with E-state index >= 15 is 0 Å². The highest BCUT2D eigenvalue weighted by atomic mass is 16.3. The molecule has 1 aromatic heterocycles. The molecule has 82 heavy (non-hydrogen) atoms. The fourth-order valence-electron chi connectivity index (χ4n) is 15.0. The van der Waals surface area contributed by atoms with Gasteiger partial charge in [-0.15, -0.1) is 0 Å². The number of furan rings is 1. The Morgan fingerprint density at radius 3 is 1.16 bits per heavy atom. The third kappa shape index (κ3) is 6.40. The van der Waals surface area contributed by atoms with Crippen LogP contribution in [0.25, 0.3) is 87.6 Å². The van der Waals surface area contributed by atoms with Crippen LogP contribution < -0.4 is 4.90 Å². The molecule has 0 bridgehead atoms. The number of fused-ring (bicyclic) bond motifs is 16. The van der Waals surface area contributed by atoms with Crippen LogP contribution in [0.4, 0.5) is 17.1 Å². The van der Waals surface area contributed by atoms with E-state index in [1.165, 1.54) is 105 Å². The van der Waals surface area contributed by atoms with Crippen LogP contribution in [0.2, 0.25) is 0 Å². The summed E-state index contributed by atoms with van der Waals surface area (Å²) in [4.78, 5) is 2.56. The van der Waals surface area contributed by atoms with Crippen LogP contribution in [0.1, 0.15) is 44.5 Å². The van der Waals surface area contributed by atoms with E-state index in [4.69, 9.17) is 4.42 Å². The Labute approximate surface area is 476 Å². The first-order chi connectivity index (χ1) is 40.7. The number of hydrogen-bond acceptors (Lipinski definition) is 2. The zero-order valence-corrected chi connectivity index (χ0v) is 44.8. The summed E-state index contributed by atoms with van der Waals surface area (Å²) in [5, 5.41) is 9.55. The Hall–Kier alpha value is -10.5. The first-order valence-electron chi connectivity index (χ1n) is 28.5. The largest absolute Gasteiger partial charge is 0.456 e. The Balaban J connectivity index is 0.976. The van der Waals surface area contributed by atoms with Gasteiger partial charge in [-0.3, -0.25) is 0 Å². The number of para-hydroxylation sites is 2. The monoisotopic (exact) mass is 1040 g/mol. The quantitative estimate of drug-likeness (QED) is 0.141. The van der Waals surface area contributed by atoms with Crippen LogP contribution >= 0.6 is 0 Å². The molecule has 14 aromatic carbocycles. The molecular weight excluding hydrogens is 991 g/mol. The second-order valence-corrected chi connectivity index (χ2v) is 22.1. The third-order valence-electron chi connectivity index (χ3n) is 18.2. The van der Waals surface area contributed by atoms with E-state index in [9.17, 15) is 0 Å². The van der Waals surface area contributed by atoms with Crippen molar-refractivity contribution in [3.63, 3.8) is 0 Å². The average molecular weight is 1040 g/mol. The maximum absolute atomic E-state index is 6.55. The van der Waals surface area contributed by atoms with Crippen molar-refractivity contribution < 1.29 is 4.42 Å². The smallest absolute Gasteiger partial charge is 0.136 e. The second kappa shape index (κ2) is 18.0. The summed E-state index contributed by atoms with van der Waals surface area (Å²) in [6, 6.07) is 115. The van der Waals surface area contributed by atoms with Gasteiger partial charge in [0.25, 0.3) is 0 Å². The molecule has 0 fully saturated rings. The number of anilines is 3. The average Bonchev–Trinajstić information content (AvgIpc) is 3.17. The molecule has 17 rings (SSSR count). The summed E-state index contributed by atoms with van der Waals surface area (Å²) in [6.45, 7) is 0. The van der Waals surface area contributed by atoms with Crippen molar-refractivity contribution >= 4 is 71.3 Å². The number of nitrogens with zero attached hydrogens (tertiary/aromatic N) is 1. The van der Waals surface area contributed by atoms with Crippen LogP contribution in [0.5, 0.6) is 0 Å². The maximum atomic E-state index is 6.55. The van der Waals surface area contributed by atoms with E-state index in [2.05, 4.69) is 314 Å². The van der Waals surface area contributed by atoms with E-state index in [1.807, 2.05) is 0 Å². The standard InChI is InChI=1S/C80H51NO/c1-5-24-52(25-6-1)79(53-26-7-2-8-27-53)69-40-19-15-32-58(69)60-46-44-56(50-71(60)79)81(57-45-47-61-59-33-16-20-41-70(59)80(72(61)51-57,54-28-9-3-10-29-54)55-30-11-4-12-31-55)73-42-21-17-34-62(73)63-38-23-39-65-67-48-49-75-78(68-37-18-22-43-74(68)82-75)77(67)66-36-14-13-35-64(66)76(63)65/h1-51H. The molecule has 2 aliphatic carbocycles. The van der Waals surface area contributed by atoms with Gasteiger partial charge in [0.2, 0.25) is 0 Å². The normalized spacial score (nSPS) is 13.6. The van der Waals surface area contributed by atoms with Crippen LogP contribution in [-0.2, 0) is 10.8 Å². The molecule has 2 nitrogen and oxygen atoms in total. The van der Waals surface area contributed by atoms with Crippen molar-refractivity contribution in [2.75, 3.05) is 4.90 Å². The Kier molecular flexibility index (Phi) is 10.2. The minimum absolute atomic E-state index is 0.605. The first-order valence-corrected chi connectivity index (χ1v) is 28.5. The molecule has 0 unspecified atom stereocenters. The van der Waals surface area contributed by atoms with Crippen molar-refractivity contribution in [3.8, 4) is 33.4 Å². The van der Waals surface area contributed by atoms with Gasteiger partial charge in [0, 0.05) is 33.1 Å². The molecule has 15 aromatic rings. The molecule has 1 heterocycles. The lowest BCUT2D eigenvalue weighted by Gasteiger charge is -2.36. The predicted octanol–water partition coefficient (Wildman–Crippen LogP) is 20.9. The first kappa shape index (κ1) is 46.4. The number of hydrogen-bond donors (Lipinski definition) is 0. The zero-order chi connectivity index (χ0) is 53.9. The molecule has 2 heteroatoms. The van der Waals surface area contributed by atoms with Gasteiger partial charge >= 0.3 is 0 Å². The summed E-state index contributed by atoms with van der Waals surface area (Å²) >= 11 is 0. The van der Waals surface area contributed by atoms with Crippen molar-refractivity contribution in [2.45, 2.75) is 10.8 Å². The minimum atomic E-state index is -0.605. The molecule has 0 atom stereocenters. The third-order valence-corrected chi connectivity index (χ3v) is 18.2. The van der Waals surface area contributed by atoms with Crippen molar-refractivity contribution in [3.05, 3.63) is 354 Å². The van der Waals surface area contributed by atoms with E-state index < -0.39 is 10.8 Å². The summed E-state index contributed by atoms with van der Waals surface area (Å²) in [7, 11) is 0. The molecule has 382 valence electrons. The maximum Gasteiger partial charge on any atom is 0.136 e. The molecular formula is C80H51NO. The molecule has 0 amide bonds. The van der Waals surface area contributed by atoms with E-state index in [-0.39, 0.29) is 0 Å². The van der Waals surface area contributed by atoms with Gasteiger partial charge in [-0.2, -0.15) is 0 Å². The highest BCUT2D eigenvalue weighted by Crippen LogP contribution is 2.60. The van der Waals surface area contributed by atoms with Gasteiger partial charge in [-0.05, 0) is 148 Å². The van der Waals surface area contributed by atoms with Gasteiger partial charge in [0.05, 0.1) is 16.5 Å². The lowest BCUT2D eigenvalue weighted by molar-refractivity contribution is 0.669. The van der Waals surface area contributed by atoms with Gasteiger partial charge in [-0.25, -0.2) is 0 Å². The number of benzene rings is 14. The summed E-state index contributed by atoms with van der Waals surface area (Å²) in [5.41, 5.74) is 21.1. The highest BCUT2D eigenvalue weighted by Gasteiger charge is 2.48. The topological polar surface area (TPSA) is 16.4 Å². The molecule has 0 radical (unpaired) electrons. The molecule has 2 aliphatic rings. The van der Waals surface area contributed by atoms with Gasteiger partial charge in [-0.1, -0.05) is 261 Å². The molecule has 0 saturated carbocycles. The summed E-state index contributed by atoms with van der Waals surface area (Å²) in [6.07, 6.45) is 0. The van der Waals surface area contributed by atoms with Crippen LogP contribution in [-0.4, -0.2) is 0 Å². The van der Waals surface area contributed by atoms with Crippen molar-refractivity contribution in [2.24, 2.45) is 0 Å². The second-order valence-electron chi connectivity index (χ2n) is 22.1. The minimum Gasteiger partial charge on any atom is -0.456 e. The predicted molar refractivity (Wildman–Crippen MR) is 341 cm³/mol. The van der Waals surface area contributed by atoms with Crippen LogP contribution in [0.15, 0.2) is 314 Å². The van der Waals surface area contributed by atoms with E-state index in [0.29, 0.717) is 0 Å². The fourth-order valence-corrected chi connectivity index (χ4v) is 15.0. The summed E-state index contributed by atoms with van der Waals surface area (Å²) in [5.74, 6) is 0. The van der Waals surface area contributed by atoms with Gasteiger partial charge in [0.15, 0.2) is 0 Å². The van der Waals surface area contributed by atoms with Crippen molar-refractivity contribution in [1.82, 2.24) is 0 Å². The van der Waals surface area contributed by atoms with Crippen molar-refractivity contribution in [1.29, 1.82) is 0 Å². The highest BCUT2D eigenvalue weighted by molar-refractivity contribution is 6.36. The van der Waals surface area contributed by atoms with E-state index in [0.717, 1.165) is 44.6 Å². The number of rotatable bonds is 8. The van der Waals surface area contributed by atoms with E-state index in [1.54, 1.807) is 0 Å². The fraction of sp³-hybridized carbons (Fsp3) is 0.0250. The Bertz CT molecular complexity index is 4750. The molecule has 0 N–H and O–H groups in total. The Morgan fingerprint density at radius 1 is 0.232 bits per heavy atom. The summed E-state index contributed by atoms with van der Waals surface area (Å²) < 4.78 is 6.55. The van der Waals surface area contributed by atoms with Gasteiger partial charge in [0.1, 0.15) is 11.2 Å². The SMILES string of the molecule is c1ccc(C2(c3ccccc3)c3ccccc3-c3ccc(N(c4ccc5c(c4)C(c4ccccc4)(c4ccccc4)c4ccccc4-5)c4ccccc4-c4cccc5c6ccc7oc8ccccc8c7c6c6ccccc6c45)cc32)cc1. The van der Waals surface area contributed by atoms with Crippen LogP contribution in [0, 0.1) is 0 Å². The zero-order valence-electron chi connectivity index (χ0n) is 44.8. The molecule has 0 saturated heterocycles. The lowest BCUT2D eigenvalue weighted by atomic mass is 9.67. The lowest BCUT2D eigenvalue weighted by Crippen LogP contribution is -2.29. The van der Waals surface area contributed by atoms with Gasteiger partial charge < -0.3 is 9.32 Å². The molecule has 0 aliphatic heterocycles. The Morgan fingerprint density at radius 2 is 0.622 bits per heavy atom. The van der Waals surface area contributed by atoms with Crippen LogP contribution in [0.3, 0.4) is 0 Å².